The Morgan fingerprint density at radius 3 is 2.72 bits per heavy atom. The molecule has 2 aromatic rings. The van der Waals surface area contributed by atoms with Crippen LogP contribution in [0.25, 0.3) is 10.9 Å². The summed E-state index contributed by atoms with van der Waals surface area (Å²) >= 11 is 0. The van der Waals surface area contributed by atoms with E-state index in [4.69, 9.17) is 0 Å². The molecule has 2 nitrogen and oxygen atoms in total. The van der Waals surface area contributed by atoms with Gasteiger partial charge in [-0.1, -0.05) is 38.5 Å². The average Bonchev–Trinajstić information content (AvgIpc) is 2.38. The summed E-state index contributed by atoms with van der Waals surface area (Å²) in [4.78, 5) is 4.66. The fourth-order valence-corrected chi connectivity index (χ4v) is 2.31. The molecular weight excluding hydrogens is 220 g/mol. The van der Waals surface area contributed by atoms with Gasteiger partial charge >= 0.3 is 0 Å². The minimum absolute atomic E-state index is 0.544. The highest BCUT2D eigenvalue weighted by Crippen LogP contribution is 2.23. The molecule has 1 N–H and O–H groups in total. The molecule has 0 aliphatic heterocycles. The molecule has 1 atom stereocenters. The minimum Gasteiger partial charge on any atom is -0.381 e. The fraction of sp³-hybridized carbons (Fsp3) is 0.438. The van der Waals surface area contributed by atoms with Crippen LogP contribution >= 0.6 is 0 Å². The van der Waals surface area contributed by atoms with Gasteiger partial charge in [-0.3, -0.25) is 4.98 Å². The average molecular weight is 242 g/mol. The molecule has 0 bridgehead atoms. The van der Waals surface area contributed by atoms with Crippen molar-refractivity contribution in [3.8, 4) is 0 Å². The van der Waals surface area contributed by atoms with Gasteiger partial charge in [0.1, 0.15) is 0 Å². The standard InChI is InChI=1S/C16H22N2/c1-4-7-14(5-2)18-15-9-6-8-13-11-10-12(3)17-16(13)15/h6,8-11,14,18H,4-5,7H2,1-3H3. The van der Waals surface area contributed by atoms with Crippen LogP contribution in [0.15, 0.2) is 30.3 Å². The number of rotatable bonds is 5. The maximum atomic E-state index is 4.66. The smallest absolute Gasteiger partial charge is 0.0936 e. The van der Waals surface area contributed by atoms with Gasteiger partial charge in [-0.2, -0.15) is 0 Å². The van der Waals surface area contributed by atoms with Gasteiger partial charge in [-0.15, -0.1) is 0 Å². The number of anilines is 1. The number of nitrogens with one attached hydrogen (secondary N) is 1. The second-order valence-corrected chi connectivity index (χ2v) is 4.87. The zero-order valence-corrected chi connectivity index (χ0v) is 11.5. The van der Waals surface area contributed by atoms with Crippen molar-refractivity contribution in [2.45, 2.75) is 46.1 Å². The van der Waals surface area contributed by atoms with Gasteiger partial charge in [0.05, 0.1) is 11.2 Å². The number of benzene rings is 1. The number of hydrogen-bond donors (Lipinski definition) is 1. The molecule has 0 fully saturated rings. The molecule has 0 amide bonds. The van der Waals surface area contributed by atoms with Gasteiger partial charge in [0.25, 0.3) is 0 Å². The lowest BCUT2D eigenvalue weighted by atomic mass is 10.1. The molecule has 0 aliphatic rings. The van der Waals surface area contributed by atoms with Crippen LogP contribution in [-0.2, 0) is 0 Å². The van der Waals surface area contributed by atoms with Crippen LogP contribution in [0.2, 0.25) is 0 Å². The summed E-state index contributed by atoms with van der Waals surface area (Å²) in [5.74, 6) is 0. The second-order valence-electron chi connectivity index (χ2n) is 4.87. The van der Waals surface area contributed by atoms with Crippen molar-refractivity contribution in [3.63, 3.8) is 0 Å². The maximum absolute atomic E-state index is 4.66. The molecule has 0 spiro atoms. The van der Waals surface area contributed by atoms with Crippen LogP contribution in [0.5, 0.6) is 0 Å². The Kier molecular flexibility index (Phi) is 4.19. The number of nitrogens with zero attached hydrogens (tertiary/aromatic N) is 1. The SMILES string of the molecule is CCCC(CC)Nc1cccc2ccc(C)nc12. The summed E-state index contributed by atoms with van der Waals surface area (Å²) in [6, 6.07) is 11.1. The molecule has 1 aromatic carbocycles. The monoisotopic (exact) mass is 242 g/mol. The number of aromatic nitrogens is 1. The third-order valence-corrected chi connectivity index (χ3v) is 3.35. The molecule has 0 aliphatic carbocycles. The van der Waals surface area contributed by atoms with E-state index in [1.165, 1.54) is 18.2 Å². The first-order chi connectivity index (χ1) is 8.74. The Labute approximate surface area is 109 Å². The summed E-state index contributed by atoms with van der Waals surface area (Å²) in [5.41, 5.74) is 3.32. The highest BCUT2D eigenvalue weighted by molar-refractivity contribution is 5.90. The van der Waals surface area contributed by atoms with Crippen LogP contribution in [0, 0.1) is 6.92 Å². The van der Waals surface area contributed by atoms with Crippen molar-refractivity contribution >= 4 is 16.6 Å². The van der Waals surface area contributed by atoms with E-state index in [2.05, 4.69) is 54.5 Å². The molecule has 2 rings (SSSR count). The van der Waals surface area contributed by atoms with Crippen LogP contribution < -0.4 is 5.32 Å². The van der Waals surface area contributed by atoms with E-state index < -0.39 is 0 Å². The van der Waals surface area contributed by atoms with Crippen molar-refractivity contribution in [2.24, 2.45) is 0 Å². The zero-order valence-electron chi connectivity index (χ0n) is 11.5. The summed E-state index contributed by atoms with van der Waals surface area (Å²) in [5, 5.41) is 4.84. The Bertz CT molecular complexity index is 519. The third kappa shape index (κ3) is 2.81. The molecule has 0 saturated carbocycles. The third-order valence-electron chi connectivity index (χ3n) is 3.35. The number of pyridine rings is 1. The second kappa shape index (κ2) is 5.85. The number of aryl methyl sites for hydroxylation is 1. The molecule has 1 unspecified atom stereocenters. The molecule has 96 valence electrons. The molecule has 1 aromatic heterocycles. The van der Waals surface area contributed by atoms with Crippen molar-refractivity contribution in [2.75, 3.05) is 5.32 Å². The first kappa shape index (κ1) is 12.9. The van der Waals surface area contributed by atoms with Crippen molar-refractivity contribution in [3.05, 3.63) is 36.0 Å². The van der Waals surface area contributed by atoms with Crippen LogP contribution in [0.3, 0.4) is 0 Å². The van der Waals surface area contributed by atoms with E-state index >= 15 is 0 Å². The molecule has 1 heterocycles. The lowest BCUT2D eigenvalue weighted by molar-refractivity contribution is 0.623. The molecule has 18 heavy (non-hydrogen) atoms. The lowest BCUT2D eigenvalue weighted by Crippen LogP contribution is -2.18. The topological polar surface area (TPSA) is 24.9 Å². The predicted molar refractivity (Wildman–Crippen MR) is 79.1 cm³/mol. The molecule has 2 heteroatoms. The highest BCUT2D eigenvalue weighted by Gasteiger charge is 2.08. The Hall–Kier alpha value is -1.57. The van der Waals surface area contributed by atoms with Gasteiger partial charge in [-0.25, -0.2) is 0 Å². The van der Waals surface area contributed by atoms with Gasteiger partial charge < -0.3 is 5.32 Å². The highest BCUT2D eigenvalue weighted by atomic mass is 14.9. The van der Waals surface area contributed by atoms with E-state index in [1.54, 1.807) is 0 Å². The van der Waals surface area contributed by atoms with E-state index in [1.807, 2.05) is 6.92 Å². The largest absolute Gasteiger partial charge is 0.381 e. The van der Waals surface area contributed by atoms with Gasteiger partial charge in [0, 0.05) is 17.1 Å². The van der Waals surface area contributed by atoms with E-state index in [9.17, 15) is 0 Å². The number of para-hydroxylation sites is 1. The molecule has 0 saturated heterocycles. The van der Waals surface area contributed by atoms with Crippen LogP contribution in [-0.4, -0.2) is 11.0 Å². The molecular formula is C16H22N2. The van der Waals surface area contributed by atoms with Crippen molar-refractivity contribution in [1.29, 1.82) is 0 Å². The Morgan fingerprint density at radius 1 is 1.17 bits per heavy atom. The van der Waals surface area contributed by atoms with Crippen molar-refractivity contribution in [1.82, 2.24) is 4.98 Å². The first-order valence-corrected chi connectivity index (χ1v) is 6.87. The van der Waals surface area contributed by atoms with Crippen LogP contribution in [0.4, 0.5) is 5.69 Å². The number of fused-ring (bicyclic) bond motifs is 1. The summed E-state index contributed by atoms with van der Waals surface area (Å²) < 4.78 is 0. The fourth-order valence-electron chi connectivity index (χ4n) is 2.31. The Balaban J connectivity index is 2.34. The summed E-state index contributed by atoms with van der Waals surface area (Å²) in [6.07, 6.45) is 3.57. The predicted octanol–water partition coefficient (Wildman–Crippen LogP) is 4.53. The van der Waals surface area contributed by atoms with Gasteiger partial charge in [-0.05, 0) is 31.9 Å². The van der Waals surface area contributed by atoms with Gasteiger partial charge in [0.2, 0.25) is 0 Å². The minimum atomic E-state index is 0.544. The van der Waals surface area contributed by atoms with Crippen LogP contribution in [0.1, 0.15) is 38.8 Å². The Morgan fingerprint density at radius 2 is 2.00 bits per heavy atom. The van der Waals surface area contributed by atoms with E-state index in [0.717, 1.165) is 23.3 Å². The normalized spacial score (nSPS) is 12.6. The van der Waals surface area contributed by atoms with E-state index in [-0.39, 0.29) is 0 Å². The summed E-state index contributed by atoms with van der Waals surface area (Å²) in [6.45, 7) is 6.51. The lowest BCUT2D eigenvalue weighted by Gasteiger charge is -2.18. The van der Waals surface area contributed by atoms with Gasteiger partial charge in [0.15, 0.2) is 0 Å². The number of hydrogen-bond acceptors (Lipinski definition) is 2. The zero-order chi connectivity index (χ0) is 13.0. The summed E-state index contributed by atoms with van der Waals surface area (Å²) in [7, 11) is 0. The first-order valence-electron chi connectivity index (χ1n) is 6.87. The van der Waals surface area contributed by atoms with Crippen molar-refractivity contribution < 1.29 is 0 Å². The quantitative estimate of drug-likeness (QED) is 0.833. The molecule has 0 radical (unpaired) electrons. The maximum Gasteiger partial charge on any atom is 0.0936 e. The van der Waals surface area contributed by atoms with E-state index in [0.29, 0.717) is 6.04 Å².